The summed E-state index contributed by atoms with van der Waals surface area (Å²) in [6.07, 6.45) is 1.27. The molecule has 0 fully saturated rings. The third-order valence-corrected chi connectivity index (χ3v) is 2.63. The molecule has 2 aromatic rings. The maximum absolute atomic E-state index is 13.3. The Kier molecular flexibility index (Phi) is 3.89. The van der Waals surface area contributed by atoms with Crippen molar-refractivity contribution in [1.82, 2.24) is 15.0 Å². The van der Waals surface area contributed by atoms with Crippen LogP contribution in [0.4, 0.5) is 10.1 Å². The lowest BCUT2D eigenvalue weighted by molar-refractivity contribution is -0.385. The van der Waals surface area contributed by atoms with Gasteiger partial charge in [0.2, 0.25) is 0 Å². The van der Waals surface area contributed by atoms with E-state index >= 15 is 0 Å². The number of nitro benzene ring substituents is 1. The van der Waals surface area contributed by atoms with Crippen molar-refractivity contribution < 1.29 is 19.2 Å². The first kappa shape index (κ1) is 14.5. The number of aliphatic carboxylic acids is 1. The average Bonchev–Trinajstić information content (AvgIpc) is 2.86. The molecule has 1 heterocycles. The number of benzene rings is 1. The first-order valence-corrected chi connectivity index (χ1v) is 5.72. The van der Waals surface area contributed by atoms with Gasteiger partial charge in [0, 0.05) is 18.6 Å². The number of nitrogens with two attached hydrogens (primary N) is 1. The SMILES string of the molecule is NC(Cc1cn(-c2cc(F)cc([N+](=O)[O-])c2)nn1)C(=O)O. The summed E-state index contributed by atoms with van der Waals surface area (Å²) >= 11 is 0. The number of aromatic nitrogens is 3. The average molecular weight is 295 g/mol. The zero-order chi connectivity index (χ0) is 15.6. The molecule has 1 unspecified atom stereocenters. The van der Waals surface area contributed by atoms with Crippen LogP contribution in [0.2, 0.25) is 0 Å². The van der Waals surface area contributed by atoms with E-state index in [0.717, 1.165) is 22.9 Å². The molecular weight excluding hydrogens is 285 g/mol. The first-order chi connectivity index (χ1) is 9.86. The van der Waals surface area contributed by atoms with Gasteiger partial charge in [-0.3, -0.25) is 14.9 Å². The number of nitro groups is 1. The van der Waals surface area contributed by atoms with Crippen LogP contribution < -0.4 is 5.73 Å². The number of rotatable bonds is 5. The number of hydrogen-bond donors (Lipinski definition) is 2. The fraction of sp³-hybridized carbons (Fsp3) is 0.182. The van der Waals surface area contributed by atoms with Crippen LogP contribution in [0.25, 0.3) is 5.69 Å². The summed E-state index contributed by atoms with van der Waals surface area (Å²) in [5.41, 5.74) is 5.31. The predicted octanol–water partition coefficient (Wildman–Crippen LogP) is 0.269. The fourth-order valence-corrected chi connectivity index (χ4v) is 1.63. The highest BCUT2D eigenvalue weighted by atomic mass is 19.1. The third-order valence-electron chi connectivity index (χ3n) is 2.63. The van der Waals surface area contributed by atoms with Crippen molar-refractivity contribution in [2.45, 2.75) is 12.5 Å². The van der Waals surface area contributed by atoms with Gasteiger partial charge in [-0.2, -0.15) is 0 Å². The second kappa shape index (κ2) is 5.63. The van der Waals surface area contributed by atoms with Gasteiger partial charge >= 0.3 is 5.97 Å². The quantitative estimate of drug-likeness (QED) is 0.596. The minimum absolute atomic E-state index is 0.0628. The highest BCUT2D eigenvalue weighted by Gasteiger charge is 2.16. The number of hydrogen-bond acceptors (Lipinski definition) is 6. The second-order valence-corrected chi connectivity index (χ2v) is 4.23. The molecule has 21 heavy (non-hydrogen) atoms. The minimum Gasteiger partial charge on any atom is -0.480 e. The van der Waals surface area contributed by atoms with Gasteiger partial charge in [-0.05, 0) is 0 Å². The molecule has 0 amide bonds. The molecule has 0 saturated heterocycles. The van der Waals surface area contributed by atoms with Crippen LogP contribution in [0.15, 0.2) is 24.4 Å². The lowest BCUT2D eigenvalue weighted by Crippen LogP contribution is -2.32. The van der Waals surface area contributed by atoms with E-state index in [0.29, 0.717) is 0 Å². The van der Waals surface area contributed by atoms with Crippen molar-refractivity contribution in [2.24, 2.45) is 5.73 Å². The van der Waals surface area contributed by atoms with Crippen LogP contribution in [0.3, 0.4) is 0 Å². The number of carboxylic acids is 1. The van der Waals surface area contributed by atoms with Crippen LogP contribution in [0.5, 0.6) is 0 Å². The molecule has 0 aliphatic rings. The summed E-state index contributed by atoms with van der Waals surface area (Å²) in [6.45, 7) is 0. The highest BCUT2D eigenvalue weighted by molar-refractivity contribution is 5.73. The molecule has 0 bridgehead atoms. The van der Waals surface area contributed by atoms with E-state index < -0.39 is 28.4 Å². The monoisotopic (exact) mass is 295 g/mol. The standard InChI is InChI=1S/C11H10FN5O4/c12-6-1-8(4-9(2-6)17(20)21)16-5-7(14-15-16)3-10(13)11(18)19/h1-2,4-5,10H,3,13H2,(H,18,19). The summed E-state index contributed by atoms with van der Waals surface area (Å²) in [6, 6.07) is 1.81. The van der Waals surface area contributed by atoms with E-state index in [1.165, 1.54) is 6.20 Å². The Morgan fingerprint density at radius 3 is 2.86 bits per heavy atom. The molecule has 0 radical (unpaired) electrons. The smallest absolute Gasteiger partial charge is 0.320 e. The summed E-state index contributed by atoms with van der Waals surface area (Å²) in [4.78, 5) is 20.6. The Bertz CT molecular complexity index is 702. The molecule has 0 aliphatic carbocycles. The molecule has 2 rings (SSSR count). The van der Waals surface area contributed by atoms with Crippen LogP contribution in [0, 0.1) is 15.9 Å². The molecule has 3 N–H and O–H groups in total. The Labute approximate surface area is 116 Å². The van der Waals surface area contributed by atoms with Crippen molar-refractivity contribution in [2.75, 3.05) is 0 Å². The van der Waals surface area contributed by atoms with E-state index in [1.807, 2.05) is 0 Å². The van der Waals surface area contributed by atoms with Gasteiger partial charge in [0.1, 0.15) is 11.9 Å². The molecule has 1 aromatic heterocycles. The second-order valence-electron chi connectivity index (χ2n) is 4.23. The van der Waals surface area contributed by atoms with E-state index in [9.17, 15) is 19.3 Å². The van der Waals surface area contributed by atoms with Gasteiger partial charge in [-0.1, -0.05) is 5.21 Å². The van der Waals surface area contributed by atoms with Gasteiger partial charge in [-0.25, -0.2) is 9.07 Å². The molecule has 9 nitrogen and oxygen atoms in total. The maximum Gasteiger partial charge on any atom is 0.320 e. The van der Waals surface area contributed by atoms with E-state index in [-0.39, 0.29) is 17.8 Å². The van der Waals surface area contributed by atoms with Crippen molar-refractivity contribution >= 4 is 11.7 Å². The fourth-order valence-electron chi connectivity index (χ4n) is 1.63. The zero-order valence-corrected chi connectivity index (χ0v) is 10.5. The highest BCUT2D eigenvalue weighted by Crippen LogP contribution is 2.19. The third kappa shape index (κ3) is 3.36. The molecule has 110 valence electrons. The topological polar surface area (TPSA) is 137 Å². The molecule has 1 aromatic carbocycles. The van der Waals surface area contributed by atoms with Crippen LogP contribution in [-0.2, 0) is 11.2 Å². The van der Waals surface area contributed by atoms with Gasteiger partial charge in [-0.15, -0.1) is 5.10 Å². The van der Waals surface area contributed by atoms with Crippen LogP contribution in [0.1, 0.15) is 5.69 Å². The number of nitrogens with zero attached hydrogens (tertiary/aromatic N) is 4. The van der Waals surface area contributed by atoms with E-state index in [2.05, 4.69) is 10.3 Å². The first-order valence-electron chi connectivity index (χ1n) is 5.72. The van der Waals surface area contributed by atoms with Crippen molar-refractivity contribution in [3.8, 4) is 5.69 Å². The number of non-ortho nitro benzene ring substituents is 1. The molecule has 0 saturated carbocycles. The Balaban J connectivity index is 2.29. The van der Waals surface area contributed by atoms with Crippen molar-refractivity contribution in [1.29, 1.82) is 0 Å². The number of halogens is 1. The van der Waals surface area contributed by atoms with Gasteiger partial charge in [0.05, 0.1) is 28.6 Å². The lowest BCUT2D eigenvalue weighted by atomic mass is 10.2. The molecule has 0 spiro atoms. The van der Waals surface area contributed by atoms with Crippen molar-refractivity contribution in [3.05, 3.63) is 46.0 Å². The normalized spacial score (nSPS) is 12.1. The van der Waals surface area contributed by atoms with Crippen LogP contribution >= 0.6 is 0 Å². The van der Waals surface area contributed by atoms with E-state index in [4.69, 9.17) is 10.8 Å². The lowest BCUT2D eigenvalue weighted by Gasteiger charge is -2.02. The summed E-state index contributed by atoms with van der Waals surface area (Å²) in [7, 11) is 0. The summed E-state index contributed by atoms with van der Waals surface area (Å²) in [5.74, 6) is -1.98. The van der Waals surface area contributed by atoms with Crippen molar-refractivity contribution in [3.63, 3.8) is 0 Å². The molecular formula is C11H10FN5O4. The largest absolute Gasteiger partial charge is 0.480 e. The number of carboxylic acid groups (broad SMARTS) is 1. The molecule has 10 heteroatoms. The van der Waals surface area contributed by atoms with Gasteiger partial charge < -0.3 is 10.8 Å². The Morgan fingerprint density at radius 2 is 2.24 bits per heavy atom. The maximum atomic E-state index is 13.3. The number of carbonyl (C=O) groups is 1. The van der Waals surface area contributed by atoms with E-state index in [1.54, 1.807) is 0 Å². The molecule has 1 atom stereocenters. The van der Waals surface area contributed by atoms with Gasteiger partial charge in [0.15, 0.2) is 0 Å². The summed E-state index contributed by atoms with van der Waals surface area (Å²) in [5, 5.41) is 26.7. The summed E-state index contributed by atoms with van der Waals surface area (Å²) < 4.78 is 14.4. The Hall–Kier alpha value is -2.88. The zero-order valence-electron chi connectivity index (χ0n) is 10.5. The minimum atomic E-state index is -1.19. The molecule has 0 aliphatic heterocycles. The van der Waals surface area contributed by atoms with Crippen LogP contribution in [-0.4, -0.2) is 37.0 Å². The van der Waals surface area contributed by atoms with Gasteiger partial charge in [0.25, 0.3) is 5.69 Å². The Morgan fingerprint density at radius 1 is 1.52 bits per heavy atom. The predicted molar refractivity (Wildman–Crippen MR) is 67.3 cm³/mol.